The van der Waals surface area contributed by atoms with E-state index in [1.165, 1.54) is 7.11 Å². The first kappa shape index (κ1) is 9.77. The Balaban J connectivity index is 2.48. The van der Waals surface area contributed by atoms with E-state index in [9.17, 15) is 4.79 Å². The Morgan fingerprint density at radius 3 is 2.80 bits per heavy atom. The molecule has 0 aliphatic rings. The fourth-order valence-electron chi connectivity index (χ4n) is 1.73. The Labute approximate surface area is 88.3 Å². The Morgan fingerprint density at radius 1 is 1.33 bits per heavy atom. The summed E-state index contributed by atoms with van der Waals surface area (Å²) in [5, 5.41) is 1.13. The van der Waals surface area contributed by atoms with Gasteiger partial charge in [0.15, 0.2) is 0 Å². The van der Waals surface area contributed by atoms with Gasteiger partial charge in [-0.2, -0.15) is 0 Å². The number of aromatic nitrogens is 1. The fourth-order valence-corrected chi connectivity index (χ4v) is 1.73. The zero-order chi connectivity index (χ0) is 10.8. The second-order valence-corrected chi connectivity index (χ2v) is 3.48. The number of fused-ring (bicyclic) bond motifs is 1. The largest absolute Gasteiger partial charge is 0.467 e. The number of ether oxygens (including phenoxy) is 1. The minimum absolute atomic E-state index is 0.226. The van der Waals surface area contributed by atoms with Crippen LogP contribution in [0, 0.1) is 0 Å². The molecule has 0 aliphatic carbocycles. The number of hydrogen-bond donors (Lipinski definition) is 0. The molecule has 0 saturated heterocycles. The molecule has 1 atom stereocenters. The van der Waals surface area contributed by atoms with Gasteiger partial charge >= 0.3 is 5.97 Å². The molecule has 3 heteroatoms. The molecule has 0 unspecified atom stereocenters. The molecule has 0 amide bonds. The van der Waals surface area contributed by atoms with E-state index in [0.717, 1.165) is 10.9 Å². The van der Waals surface area contributed by atoms with Gasteiger partial charge in [-0.3, -0.25) is 0 Å². The first-order valence-electron chi connectivity index (χ1n) is 4.87. The van der Waals surface area contributed by atoms with Crippen LogP contribution in [0.25, 0.3) is 10.9 Å². The Bertz CT molecular complexity index is 487. The monoisotopic (exact) mass is 203 g/mol. The highest BCUT2D eigenvalue weighted by Crippen LogP contribution is 2.20. The summed E-state index contributed by atoms with van der Waals surface area (Å²) in [5.74, 6) is -0.226. The summed E-state index contributed by atoms with van der Waals surface area (Å²) >= 11 is 0. The van der Waals surface area contributed by atoms with Crippen LogP contribution in [0.3, 0.4) is 0 Å². The SMILES string of the molecule is COC(=O)[C@H](C)n1ccc2ccccc21. The first-order chi connectivity index (χ1) is 7.24. The fraction of sp³-hybridized carbons (Fsp3) is 0.250. The van der Waals surface area contributed by atoms with E-state index in [1.54, 1.807) is 0 Å². The predicted octanol–water partition coefficient (Wildman–Crippen LogP) is 2.38. The molecular formula is C12H13NO2. The Morgan fingerprint density at radius 2 is 2.07 bits per heavy atom. The standard InChI is InChI=1S/C12H13NO2/c1-9(12(14)15-2)13-8-7-10-5-3-4-6-11(10)13/h3-9H,1-2H3/t9-/m0/s1. The summed E-state index contributed by atoms with van der Waals surface area (Å²) in [5.41, 5.74) is 1.05. The van der Waals surface area contributed by atoms with Crippen molar-refractivity contribution in [3.63, 3.8) is 0 Å². The molecule has 0 saturated carbocycles. The van der Waals surface area contributed by atoms with Gasteiger partial charge < -0.3 is 9.30 Å². The summed E-state index contributed by atoms with van der Waals surface area (Å²) in [6, 6.07) is 9.67. The molecule has 1 heterocycles. The molecule has 0 aliphatic heterocycles. The molecule has 2 rings (SSSR count). The molecule has 78 valence electrons. The number of carbonyl (C=O) groups is 1. The third-order valence-electron chi connectivity index (χ3n) is 2.59. The van der Waals surface area contributed by atoms with Gasteiger partial charge in [-0.25, -0.2) is 4.79 Å². The van der Waals surface area contributed by atoms with Crippen LogP contribution in [-0.4, -0.2) is 17.6 Å². The van der Waals surface area contributed by atoms with Crippen LogP contribution in [0.4, 0.5) is 0 Å². The van der Waals surface area contributed by atoms with Crippen molar-refractivity contribution in [2.24, 2.45) is 0 Å². The summed E-state index contributed by atoms with van der Waals surface area (Å²) in [7, 11) is 1.41. The molecular weight excluding hydrogens is 190 g/mol. The third-order valence-corrected chi connectivity index (χ3v) is 2.59. The van der Waals surface area contributed by atoms with Crippen molar-refractivity contribution in [2.45, 2.75) is 13.0 Å². The Hall–Kier alpha value is -1.77. The molecule has 0 radical (unpaired) electrons. The maximum absolute atomic E-state index is 11.4. The number of rotatable bonds is 2. The number of nitrogens with zero attached hydrogens (tertiary/aromatic N) is 1. The summed E-state index contributed by atoms with van der Waals surface area (Å²) in [4.78, 5) is 11.4. The molecule has 15 heavy (non-hydrogen) atoms. The molecule has 0 N–H and O–H groups in total. The highest BCUT2D eigenvalue weighted by atomic mass is 16.5. The second-order valence-electron chi connectivity index (χ2n) is 3.48. The smallest absolute Gasteiger partial charge is 0.328 e. The summed E-state index contributed by atoms with van der Waals surface area (Å²) < 4.78 is 6.64. The van der Waals surface area contributed by atoms with E-state index in [1.807, 2.05) is 48.0 Å². The number of esters is 1. The minimum atomic E-state index is -0.283. The maximum atomic E-state index is 11.4. The van der Waals surface area contributed by atoms with Crippen LogP contribution in [0.5, 0.6) is 0 Å². The lowest BCUT2D eigenvalue weighted by molar-refractivity contribution is -0.143. The number of hydrogen-bond acceptors (Lipinski definition) is 2. The van der Waals surface area contributed by atoms with E-state index in [4.69, 9.17) is 4.74 Å². The van der Waals surface area contributed by atoms with Gasteiger partial charge in [0, 0.05) is 11.7 Å². The Kier molecular flexibility index (Phi) is 2.46. The molecule has 3 nitrogen and oxygen atoms in total. The van der Waals surface area contributed by atoms with Crippen molar-refractivity contribution in [3.05, 3.63) is 36.5 Å². The van der Waals surface area contributed by atoms with Crippen molar-refractivity contribution >= 4 is 16.9 Å². The number of methoxy groups -OCH3 is 1. The molecule has 1 aromatic carbocycles. The zero-order valence-corrected chi connectivity index (χ0v) is 8.81. The van der Waals surface area contributed by atoms with E-state index in [2.05, 4.69) is 0 Å². The van der Waals surface area contributed by atoms with Crippen molar-refractivity contribution in [1.82, 2.24) is 4.57 Å². The lowest BCUT2D eigenvalue weighted by Crippen LogP contribution is -2.16. The summed E-state index contributed by atoms with van der Waals surface area (Å²) in [6.45, 7) is 1.83. The maximum Gasteiger partial charge on any atom is 0.328 e. The van der Waals surface area contributed by atoms with Crippen LogP contribution >= 0.6 is 0 Å². The van der Waals surface area contributed by atoms with Gasteiger partial charge in [-0.15, -0.1) is 0 Å². The van der Waals surface area contributed by atoms with Crippen LogP contribution in [0.2, 0.25) is 0 Å². The number of para-hydroxylation sites is 1. The number of benzene rings is 1. The third kappa shape index (κ3) is 1.61. The molecule has 2 aromatic rings. The van der Waals surface area contributed by atoms with Gasteiger partial charge in [0.25, 0.3) is 0 Å². The van der Waals surface area contributed by atoms with Gasteiger partial charge in [0.2, 0.25) is 0 Å². The molecule has 0 spiro atoms. The van der Waals surface area contributed by atoms with Gasteiger partial charge in [0.05, 0.1) is 7.11 Å². The normalized spacial score (nSPS) is 12.7. The van der Waals surface area contributed by atoms with Crippen LogP contribution < -0.4 is 0 Å². The first-order valence-corrected chi connectivity index (χ1v) is 4.87. The topological polar surface area (TPSA) is 31.2 Å². The van der Waals surface area contributed by atoms with Crippen molar-refractivity contribution < 1.29 is 9.53 Å². The highest BCUT2D eigenvalue weighted by molar-refractivity contribution is 5.83. The van der Waals surface area contributed by atoms with Crippen molar-refractivity contribution in [2.75, 3.05) is 7.11 Å². The lowest BCUT2D eigenvalue weighted by Gasteiger charge is -2.12. The lowest BCUT2D eigenvalue weighted by atomic mass is 10.2. The van der Waals surface area contributed by atoms with Crippen LogP contribution in [0.15, 0.2) is 36.5 Å². The van der Waals surface area contributed by atoms with E-state index < -0.39 is 0 Å². The van der Waals surface area contributed by atoms with Gasteiger partial charge in [-0.05, 0) is 24.4 Å². The average Bonchev–Trinajstić information content (AvgIpc) is 2.70. The van der Waals surface area contributed by atoms with Crippen LogP contribution in [-0.2, 0) is 9.53 Å². The van der Waals surface area contributed by atoms with Gasteiger partial charge in [0.1, 0.15) is 6.04 Å². The van der Waals surface area contributed by atoms with E-state index in [-0.39, 0.29) is 12.0 Å². The van der Waals surface area contributed by atoms with Crippen molar-refractivity contribution in [1.29, 1.82) is 0 Å². The quantitative estimate of drug-likeness (QED) is 0.702. The van der Waals surface area contributed by atoms with E-state index in [0.29, 0.717) is 0 Å². The minimum Gasteiger partial charge on any atom is -0.467 e. The van der Waals surface area contributed by atoms with Gasteiger partial charge in [-0.1, -0.05) is 18.2 Å². The average molecular weight is 203 g/mol. The number of carbonyl (C=O) groups excluding carboxylic acids is 1. The molecule has 0 bridgehead atoms. The molecule has 1 aromatic heterocycles. The predicted molar refractivity (Wildman–Crippen MR) is 58.7 cm³/mol. The summed E-state index contributed by atoms with van der Waals surface area (Å²) in [6.07, 6.45) is 1.91. The van der Waals surface area contributed by atoms with Crippen molar-refractivity contribution in [3.8, 4) is 0 Å². The highest BCUT2D eigenvalue weighted by Gasteiger charge is 2.16. The zero-order valence-electron chi connectivity index (χ0n) is 8.81. The second kappa shape index (κ2) is 3.77. The van der Waals surface area contributed by atoms with Crippen LogP contribution in [0.1, 0.15) is 13.0 Å². The molecule has 0 fully saturated rings. The van der Waals surface area contributed by atoms with E-state index >= 15 is 0 Å².